The third-order valence-electron chi connectivity index (χ3n) is 3.66. The van der Waals surface area contributed by atoms with Gasteiger partial charge in [-0.2, -0.15) is 0 Å². The summed E-state index contributed by atoms with van der Waals surface area (Å²) in [5.74, 6) is 0.576. The second-order valence-corrected chi connectivity index (χ2v) is 5.85. The number of likely N-dealkylation sites (N-methyl/N-ethyl adjacent to an activating group) is 1. The van der Waals surface area contributed by atoms with Crippen LogP contribution in [0.2, 0.25) is 0 Å². The molecule has 2 N–H and O–H groups in total. The van der Waals surface area contributed by atoms with Crippen LogP contribution in [-0.4, -0.2) is 54.5 Å². The SMILES string of the molecule is CCN(CC)CCN(CC(C)C)C(=O)C(C)C(C)N. The Morgan fingerprint density at radius 2 is 1.58 bits per heavy atom. The van der Waals surface area contributed by atoms with Gasteiger partial charge >= 0.3 is 0 Å². The van der Waals surface area contributed by atoms with Crippen molar-refractivity contribution in [3.05, 3.63) is 0 Å². The molecule has 0 aliphatic carbocycles. The molecule has 0 aliphatic heterocycles. The van der Waals surface area contributed by atoms with Crippen molar-refractivity contribution in [1.29, 1.82) is 0 Å². The van der Waals surface area contributed by atoms with Gasteiger partial charge in [-0.15, -0.1) is 0 Å². The molecule has 2 atom stereocenters. The first-order valence-electron chi connectivity index (χ1n) is 7.60. The number of carbonyl (C=O) groups is 1. The molecule has 0 aromatic rings. The highest BCUT2D eigenvalue weighted by molar-refractivity contribution is 5.79. The fraction of sp³-hybridized carbons (Fsp3) is 0.933. The number of rotatable bonds is 9. The van der Waals surface area contributed by atoms with Crippen LogP contribution in [0.15, 0.2) is 0 Å². The molecule has 0 bridgehead atoms. The molecule has 2 unspecified atom stereocenters. The molecule has 19 heavy (non-hydrogen) atoms. The predicted molar refractivity (Wildman–Crippen MR) is 82.0 cm³/mol. The summed E-state index contributed by atoms with van der Waals surface area (Å²) >= 11 is 0. The zero-order valence-corrected chi connectivity index (χ0v) is 13.6. The van der Waals surface area contributed by atoms with Crippen molar-refractivity contribution in [2.75, 3.05) is 32.7 Å². The van der Waals surface area contributed by atoms with Gasteiger partial charge < -0.3 is 15.5 Å². The Balaban J connectivity index is 4.58. The maximum atomic E-state index is 12.4. The highest BCUT2D eigenvalue weighted by Gasteiger charge is 2.23. The lowest BCUT2D eigenvalue weighted by Gasteiger charge is -2.31. The van der Waals surface area contributed by atoms with Gasteiger partial charge in [-0.3, -0.25) is 4.79 Å². The van der Waals surface area contributed by atoms with E-state index in [1.165, 1.54) is 0 Å². The molecule has 0 fully saturated rings. The van der Waals surface area contributed by atoms with Crippen LogP contribution in [0.5, 0.6) is 0 Å². The monoisotopic (exact) mass is 271 g/mol. The van der Waals surface area contributed by atoms with Crippen LogP contribution in [0.4, 0.5) is 0 Å². The Hall–Kier alpha value is -0.610. The van der Waals surface area contributed by atoms with E-state index in [1.807, 2.05) is 18.7 Å². The van der Waals surface area contributed by atoms with Crippen molar-refractivity contribution in [2.45, 2.75) is 47.6 Å². The smallest absolute Gasteiger partial charge is 0.227 e. The largest absolute Gasteiger partial charge is 0.341 e. The van der Waals surface area contributed by atoms with E-state index in [1.54, 1.807) is 0 Å². The number of nitrogens with two attached hydrogens (primary N) is 1. The zero-order valence-electron chi connectivity index (χ0n) is 13.6. The Labute approximate surface area is 119 Å². The third kappa shape index (κ3) is 6.92. The van der Waals surface area contributed by atoms with E-state index >= 15 is 0 Å². The van der Waals surface area contributed by atoms with Gasteiger partial charge in [-0.1, -0.05) is 34.6 Å². The first-order valence-corrected chi connectivity index (χ1v) is 7.60. The lowest BCUT2D eigenvalue weighted by atomic mass is 10.0. The van der Waals surface area contributed by atoms with Gasteiger partial charge in [0.05, 0.1) is 5.92 Å². The van der Waals surface area contributed by atoms with Gasteiger partial charge in [-0.25, -0.2) is 0 Å². The van der Waals surface area contributed by atoms with Crippen LogP contribution in [-0.2, 0) is 4.79 Å². The summed E-state index contributed by atoms with van der Waals surface area (Å²) in [6.45, 7) is 17.1. The van der Waals surface area contributed by atoms with Gasteiger partial charge in [0.15, 0.2) is 0 Å². The zero-order chi connectivity index (χ0) is 15.0. The minimum Gasteiger partial charge on any atom is -0.341 e. The standard InChI is InChI=1S/C15H33N3O/c1-7-17(8-2)9-10-18(11-12(3)4)15(19)13(5)14(6)16/h12-14H,7-11,16H2,1-6H3. The summed E-state index contributed by atoms with van der Waals surface area (Å²) < 4.78 is 0. The summed E-state index contributed by atoms with van der Waals surface area (Å²) in [4.78, 5) is 16.8. The molecular weight excluding hydrogens is 238 g/mol. The molecule has 0 rings (SSSR count). The maximum absolute atomic E-state index is 12.4. The van der Waals surface area contributed by atoms with Crippen molar-refractivity contribution in [3.8, 4) is 0 Å². The van der Waals surface area contributed by atoms with E-state index in [4.69, 9.17) is 5.73 Å². The maximum Gasteiger partial charge on any atom is 0.227 e. The minimum atomic E-state index is -0.101. The number of hydrogen-bond acceptors (Lipinski definition) is 3. The number of hydrogen-bond donors (Lipinski definition) is 1. The summed E-state index contributed by atoms with van der Waals surface area (Å²) in [6.07, 6.45) is 0. The fourth-order valence-corrected chi connectivity index (χ4v) is 2.05. The minimum absolute atomic E-state index is 0.0874. The topological polar surface area (TPSA) is 49.6 Å². The molecular formula is C15H33N3O. The van der Waals surface area contributed by atoms with Gasteiger partial charge in [0, 0.05) is 25.7 Å². The Bertz CT molecular complexity index is 250. The quantitative estimate of drug-likeness (QED) is 0.695. The van der Waals surface area contributed by atoms with Crippen molar-refractivity contribution in [1.82, 2.24) is 9.80 Å². The summed E-state index contributed by atoms with van der Waals surface area (Å²) in [7, 11) is 0. The molecule has 0 aliphatic rings. The number of carbonyl (C=O) groups excluding carboxylic acids is 1. The average molecular weight is 271 g/mol. The van der Waals surface area contributed by atoms with Gasteiger partial charge in [0.2, 0.25) is 5.91 Å². The van der Waals surface area contributed by atoms with Crippen LogP contribution >= 0.6 is 0 Å². The van der Waals surface area contributed by atoms with E-state index in [-0.39, 0.29) is 17.9 Å². The normalized spacial score (nSPS) is 14.8. The molecule has 0 radical (unpaired) electrons. The van der Waals surface area contributed by atoms with Crippen molar-refractivity contribution >= 4 is 5.91 Å². The average Bonchev–Trinajstić information content (AvgIpc) is 2.36. The van der Waals surface area contributed by atoms with Crippen LogP contribution in [0.1, 0.15) is 41.5 Å². The van der Waals surface area contributed by atoms with Crippen molar-refractivity contribution < 1.29 is 4.79 Å². The van der Waals surface area contributed by atoms with Gasteiger partial charge in [-0.05, 0) is 25.9 Å². The molecule has 0 heterocycles. The van der Waals surface area contributed by atoms with E-state index in [0.717, 1.165) is 32.7 Å². The second-order valence-electron chi connectivity index (χ2n) is 5.85. The molecule has 4 heteroatoms. The van der Waals surface area contributed by atoms with Crippen LogP contribution in [0.25, 0.3) is 0 Å². The fourth-order valence-electron chi connectivity index (χ4n) is 2.05. The molecule has 0 saturated carbocycles. The van der Waals surface area contributed by atoms with Crippen LogP contribution in [0, 0.1) is 11.8 Å². The molecule has 1 amide bonds. The van der Waals surface area contributed by atoms with Gasteiger partial charge in [0.1, 0.15) is 0 Å². The van der Waals surface area contributed by atoms with E-state index in [0.29, 0.717) is 5.92 Å². The summed E-state index contributed by atoms with van der Waals surface area (Å²) in [5.41, 5.74) is 5.86. The number of amides is 1. The third-order valence-corrected chi connectivity index (χ3v) is 3.66. The number of nitrogens with zero attached hydrogens (tertiary/aromatic N) is 2. The van der Waals surface area contributed by atoms with Crippen molar-refractivity contribution in [2.24, 2.45) is 17.6 Å². The molecule has 0 aromatic heterocycles. The van der Waals surface area contributed by atoms with Gasteiger partial charge in [0.25, 0.3) is 0 Å². The molecule has 0 saturated heterocycles. The first kappa shape index (κ1) is 18.4. The predicted octanol–water partition coefficient (Wildman–Crippen LogP) is 1.80. The molecule has 0 aromatic carbocycles. The Morgan fingerprint density at radius 1 is 1.05 bits per heavy atom. The lowest BCUT2D eigenvalue weighted by Crippen LogP contribution is -2.46. The Kier molecular flexibility index (Phi) is 9.02. The highest BCUT2D eigenvalue weighted by Crippen LogP contribution is 2.09. The summed E-state index contributed by atoms with van der Waals surface area (Å²) in [6, 6.07) is -0.0874. The second kappa shape index (κ2) is 9.32. The summed E-state index contributed by atoms with van der Waals surface area (Å²) in [5, 5.41) is 0. The van der Waals surface area contributed by atoms with Crippen molar-refractivity contribution in [3.63, 3.8) is 0 Å². The highest BCUT2D eigenvalue weighted by atomic mass is 16.2. The Morgan fingerprint density at radius 3 is 1.95 bits per heavy atom. The lowest BCUT2D eigenvalue weighted by molar-refractivity contribution is -0.136. The molecule has 0 spiro atoms. The van der Waals surface area contributed by atoms with E-state index in [2.05, 4.69) is 32.6 Å². The van der Waals surface area contributed by atoms with E-state index < -0.39 is 0 Å². The molecule has 114 valence electrons. The first-order chi connectivity index (χ1) is 8.83. The van der Waals surface area contributed by atoms with Crippen LogP contribution in [0.3, 0.4) is 0 Å². The molecule has 4 nitrogen and oxygen atoms in total. The van der Waals surface area contributed by atoms with E-state index in [9.17, 15) is 4.79 Å². The van der Waals surface area contributed by atoms with Crippen LogP contribution < -0.4 is 5.73 Å².